The fourth-order valence-corrected chi connectivity index (χ4v) is 2.88. The zero-order valence-electron chi connectivity index (χ0n) is 13.9. The van der Waals surface area contributed by atoms with E-state index in [2.05, 4.69) is 5.32 Å². The third-order valence-corrected chi connectivity index (χ3v) is 4.26. The van der Waals surface area contributed by atoms with Crippen molar-refractivity contribution in [3.05, 3.63) is 22.7 Å². The first-order valence-electron chi connectivity index (χ1n) is 8.05. The van der Waals surface area contributed by atoms with E-state index in [-0.39, 0.29) is 0 Å². The van der Waals surface area contributed by atoms with Crippen molar-refractivity contribution in [2.45, 2.75) is 31.9 Å². The Kier molecular flexibility index (Phi) is 7.95. The Balaban J connectivity index is 1.64. The minimum absolute atomic E-state index is 0.300. The van der Waals surface area contributed by atoms with Gasteiger partial charge in [0.15, 0.2) is 11.5 Å². The molecule has 1 atom stereocenters. The van der Waals surface area contributed by atoms with Crippen molar-refractivity contribution in [2.75, 3.05) is 40.6 Å². The minimum Gasteiger partial charge on any atom is -0.493 e. The van der Waals surface area contributed by atoms with Crippen molar-refractivity contribution in [3.63, 3.8) is 0 Å². The molecule has 0 aromatic heterocycles. The molecule has 0 radical (unpaired) electrons. The van der Waals surface area contributed by atoms with Gasteiger partial charge in [-0.15, -0.1) is 0 Å². The Morgan fingerprint density at radius 2 is 2.17 bits per heavy atom. The summed E-state index contributed by atoms with van der Waals surface area (Å²) in [4.78, 5) is 0. The second-order valence-corrected chi connectivity index (χ2v) is 5.89. The molecule has 23 heavy (non-hydrogen) atoms. The van der Waals surface area contributed by atoms with Crippen LogP contribution in [-0.2, 0) is 16.0 Å². The van der Waals surface area contributed by atoms with Gasteiger partial charge < -0.3 is 24.3 Å². The monoisotopic (exact) mass is 343 g/mol. The molecule has 0 amide bonds. The number of hydrogen-bond donors (Lipinski definition) is 1. The molecule has 5 nitrogen and oxygen atoms in total. The Morgan fingerprint density at radius 3 is 2.87 bits per heavy atom. The van der Waals surface area contributed by atoms with Crippen LogP contribution in [0.2, 0.25) is 5.02 Å². The third-order valence-electron chi connectivity index (χ3n) is 3.85. The van der Waals surface area contributed by atoms with Gasteiger partial charge in [0.05, 0.1) is 32.0 Å². The van der Waals surface area contributed by atoms with E-state index in [1.54, 1.807) is 14.2 Å². The highest BCUT2D eigenvalue weighted by Crippen LogP contribution is 2.37. The molecule has 0 spiro atoms. The van der Waals surface area contributed by atoms with Crippen LogP contribution in [0, 0.1) is 0 Å². The lowest BCUT2D eigenvalue weighted by Crippen LogP contribution is -2.19. The van der Waals surface area contributed by atoms with Crippen molar-refractivity contribution in [3.8, 4) is 11.5 Å². The van der Waals surface area contributed by atoms with Crippen LogP contribution in [0.15, 0.2) is 12.1 Å². The summed E-state index contributed by atoms with van der Waals surface area (Å²) >= 11 is 6.34. The zero-order valence-corrected chi connectivity index (χ0v) is 14.7. The van der Waals surface area contributed by atoms with Crippen molar-refractivity contribution >= 4 is 11.6 Å². The zero-order chi connectivity index (χ0) is 16.5. The van der Waals surface area contributed by atoms with Gasteiger partial charge in [0.1, 0.15) is 0 Å². The van der Waals surface area contributed by atoms with Crippen LogP contribution in [0.1, 0.15) is 24.8 Å². The first-order chi connectivity index (χ1) is 11.3. The van der Waals surface area contributed by atoms with Crippen molar-refractivity contribution in [1.29, 1.82) is 0 Å². The van der Waals surface area contributed by atoms with Gasteiger partial charge >= 0.3 is 0 Å². The SMILES string of the molecule is COc1ccc(CNCCCOCC2CCCO2)c(Cl)c1OC. The van der Waals surface area contributed by atoms with Crippen LogP contribution in [0.5, 0.6) is 11.5 Å². The number of halogens is 1. The summed E-state index contributed by atoms with van der Waals surface area (Å²) in [5, 5.41) is 3.96. The van der Waals surface area contributed by atoms with E-state index in [0.29, 0.717) is 35.8 Å². The van der Waals surface area contributed by atoms with E-state index in [9.17, 15) is 0 Å². The summed E-state index contributed by atoms with van der Waals surface area (Å²) in [5.74, 6) is 1.22. The highest BCUT2D eigenvalue weighted by Gasteiger charge is 2.15. The molecule has 1 heterocycles. The molecule has 1 aromatic carbocycles. The highest BCUT2D eigenvalue weighted by molar-refractivity contribution is 6.33. The molecule has 1 aliphatic heterocycles. The summed E-state index contributed by atoms with van der Waals surface area (Å²) in [5.41, 5.74) is 0.990. The second kappa shape index (κ2) is 9.98. The van der Waals surface area contributed by atoms with Gasteiger partial charge in [-0.05, 0) is 37.4 Å². The van der Waals surface area contributed by atoms with Crippen LogP contribution in [-0.4, -0.2) is 46.7 Å². The number of nitrogens with one attached hydrogen (secondary N) is 1. The maximum atomic E-state index is 6.34. The van der Waals surface area contributed by atoms with Crippen LogP contribution in [0.25, 0.3) is 0 Å². The van der Waals surface area contributed by atoms with Gasteiger partial charge in [-0.25, -0.2) is 0 Å². The number of rotatable bonds is 10. The summed E-state index contributed by atoms with van der Waals surface area (Å²) in [6.45, 7) is 3.89. The van der Waals surface area contributed by atoms with Crippen LogP contribution in [0.3, 0.4) is 0 Å². The largest absolute Gasteiger partial charge is 0.493 e. The van der Waals surface area contributed by atoms with E-state index in [1.807, 2.05) is 12.1 Å². The van der Waals surface area contributed by atoms with Crippen molar-refractivity contribution in [2.24, 2.45) is 0 Å². The molecule has 1 aromatic rings. The first kappa shape index (κ1) is 18.3. The summed E-state index contributed by atoms with van der Waals surface area (Å²) in [6, 6.07) is 3.82. The normalized spacial score (nSPS) is 17.4. The first-order valence-corrected chi connectivity index (χ1v) is 8.43. The Hall–Kier alpha value is -1.01. The number of benzene rings is 1. The lowest BCUT2D eigenvalue weighted by Gasteiger charge is -2.13. The lowest BCUT2D eigenvalue weighted by atomic mass is 10.2. The second-order valence-electron chi connectivity index (χ2n) is 5.51. The average molecular weight is 344 g/mol. The molecule has 1 N–H and O–H groups in total. The van der Waals surface area contributed by atoms with Gasteiger partial charge in [0.2, 0.25) is 0 Å². The number of methoxy groups -OCH3 is 2. The minimum atomic E-state index is 0.300. The molecule has 130 valence electrons. The Labute approximate surface area is 143 Å². The van der Waals surface area contributed by atoms with Gasteiger partial charge in [0.25, 0.3) is 0 Å². The molecule has 2 rings (SSSR count). The van der Waals surface area contributed by atoms with Crippen molar-refractivity contribution in [1.82, 2.24) is 5.32 Å². The van der Waals surface area contributed by atoms with E-state index in [0.717, 1.165) is 44.6 Å². The topological polar surface area (TPSA) is 49.0 Å². The van der Waals surface area contributed by atoms with E-state index >= 15 is 0 Å². The molecule has 1 unspecified atom stereocenters. The molecule has 1 saturated heterocycles. The van der Waals surface area contributed by atoms with E-state index in [4.69, 9.17) is 30.5 Å². The summed E-state index contributed by atoms with van der Waals surface area (Å²) in [6.07, 6.45) is 3.53. The van der Waals surface area contributed by atoms with Gasteiger partial charge in [0, 0.05) is 19.8 Å². The molecule has 1 aliphatic rings. The van der Waals surface area contributed by atoms with Gasteiger partial charge in [-0.3, -0.25) is 0 Å². The standard InChI is InChI=1S/C17H26ClNO4/c1-20-15-7-6-13(16(18)17(15)21-2)11-19-8-4-9-22-12-14-5-3-10-23-14/h6-7,14,19H,3-5,8-12H2,1-2H3. The maximum Gasteiger partial charge on any atom is 0.179 e. The highest BCUT2D eigenvalue weighted by atomic mass is 35.5. The molecule has 1 fully saturated rings. The van der Waals surface area contributed by atoms with E-state index in [1.165, 1.54) is 0 Å². The van der Waals surface area contributed by atoms with Crippen LogP contribution in [0.4, 0.5) is 0 Å². The van der Waals surface area contributed by atoms with Crippen LogP contribution < -0.4 is 14.8 Å². The molecule has 0 bridgehead atoms. The van der Waals surface area contributed by atoms with E-state index < -0.39 is 0 Å². The molecular weight excluding hydrogens is 318 g/mol. The number of hydrogen-bond acceptors (Lipinski definition) is 5. The van der Waals surface area contributed by atoms with Crippen LogP contribution >= 0.6 is 11.6 Å². The predicted octanol–water partition coefficient (Wildman–Crippen LogP) is 3.03. The Morgan fingerprint density at radius 1 is 1.30 bits per heavy atom. The maximum absolute atomic E-state index is 6.34. The molecule has 0 saturated carbocycles. The van der Waals surface area contributed by atoms with Gasteiger partial charge in [-0.2, -0.15) is 0 Å². The number of ether oxygens (including phenoxy) is 4. The lowest BCUT2D eigenvalue weighted by molar-refractivity contribution is 0.0166. The third kappa shape index (κ3) is 5.53. The summed E-state index contributed by atoms with van der Waals surface area (Å²) < 4.78 is 21.7. The fourth-order valence-electron chi connectivity index (χ4n) is 2.58. The Bertz CT molecular complexity index is 478. The van der Waals surface area contributed by atoms with Gasteiger partial charge in [-0.1, -0.05) is 17.7 Å². The molecule has 0 aliphatic carbocycles. The average Bonchev–Trinajstić information content (AvgIpc) is 3.08. The fraction of sp³-hybridized carbons (Fsp3) is 0.647. The van der Waals surface area contributed by atoms with Crippen molar-refractivity contribution < 1.29 is 18.9 Å². The smallest absolute Gasteiger partial charge is 0.179 e. The molecule has 6 heteroatoms. The summed E-state index contributed by atoms with van der Waals surface area (Å²) in [7, 11) is 3.19. The predicted molar refractivity (Wildman–Crippen MR) is 90.7 cm³/mol. The molecular formula is C17H26ClNO4. The quantitative estimate of drug-likeness (QED) is 0.662.